The van der Waals surface area contributed by atoms with Gasteiger partial charge in [0.1, 0.15) is 0 Å². The van der Waals surface area contributed by atoms with Crippen LogP contribution in [0.3, 0.4) is 0 Å². The lowest BCUT2D eigenvalue weighted by Gasteiger charge is -2.23. The van der Waals surface area contributed by atoms with Crippen molar-refractivity contribution in [3.05, 3.63) is 35.4 Å². The van der Waals surface area contributed by atoms with E-state index in [9.17, 15) is 8.78 Å². The van der Waals surface area contributed by atoms with E-state index in [2.05, 4.69) is 5.32 Å². The van der Waals surface area contributed by atoms with E-state index in [0.29, 0.717) is 19.5 Å². The zero-order valence-electron chi connectivity index (χ0n) is 8.76. The zero-order chi connectivity index (χ0) is 10.9. The minimum Gasteiger partial charge on any atom is -0.316 e. The van der Waals surface area contributed by atoms with Gasteiger partial charge in [0.25, 0.3) is 5.92 Å². The SMILES string of the molecule is Cc1cccc(C(F)(F)C2CCNC2)c1. The predicted molar refractivity (Wildman–Crippen MR) is 56.0 cm³/mol. The molecule has 0 aromatic heterocycles. The Kier molecular flexibility index (Phi) is 2.74. The molecule has 1 heterocycles. The van der Waals surface area contributed by atoms with Crippen LogP contribution >= 0.6 is 0 Å². The van der Waals surface area contributed by atoms with E-state index in [4.69, 9.17) is 0 Å². The van der Waals surface area contributed by atoms with Crippen LogP contribution in [0, 0.1) is 12.8 Å². The van der Waals surface area contributed by atoms with Crippen molar-refractivity contribution < 1.29 is 8.78 Å². The van der Waals surface area contributed by atoms with Crippen LogP contribution in [0.4, 0.5) is 8.78 Å². The fourth-order valence-electron chi connectivity index (χ4n) is 2.05. The minimum atomic E-state index is -2.70. The summed E-state index contributed by atoms with van der Waals surface area (Å²) in [6.45, 7) is 2.96. The van der Waals surface area contributed by atoms with Crippen LogP contribution in [0.1, 0.15) is 17.5 Å². The van der Waals surface area contributed by atoms with Gasteiger partial charge in [-0.2, -0.15) is 0 Å². The summed E-state index contributed by atoms with van der Waals surface area (Å²) < 4.78 is 28.0. The number of benzene rings is 1. The smallest absolute Gasteiger partial charge is 0.277 e. The van der Waals surface area contributed by atoms with E-state index in [1.165, 1.54) is 6.07 Å². The molecule has 3 heteroatoms. The van der Waals surface area contributed by atoms with Crippen molar-refractivity contribution in [2.24, 2.45) is 5.92 Å². The van der Waals surface area contributed by atoms with Gasteiger partial charge in [0, 0.05) is 18.0 Å². The maximum atomic E-state index is 14.0. The minimum absolute atomic E-state index is 0.149. The molecule has 1 aliphatic heterocycles. The van der Waals surface area contributed by atoms with E-state index >= 15 is 0 Å². The zero-order valence-corrected chi connectivity index (χ0v) is 8.76. The normalized spacial score (nSPS) is 21.9. The van der Waals surface area contributed by atoms with Gasteiger partial charge in [-0.3, -0.25) is 0 Å². The summed E-state index contributed by atoms with van der Waals surface area (Å²) in [5.41, 5.74) is 1.04. The lowest BCUT2D eigenvalue weighted by atomic mass is 9.93. The Morgan fingerprint density at radius 2 is 2.20 bits per heavy atom. The monoisotopic (exact) mass is 211 g/mol. The van der Waals surface area contributed by atoms with Crippen LogP contribution < -0.4 is 5.32 Å². The Morgan fingerprint density at radius 3 is 2.80 bits per heavy atom. The maximum Gasteiger partial charge on any atom is 0.277 e. The number of halogens is 2. The molecule has 2 rings (SSSR count). The fraction of sp³-hybridized carbons (Fsp3) is 0.500. The van der Waals surface area contributed by atoms with E-state index in [1.807, 2.05) is 13.0 Å². The first-order chi connectivity index (χ1) is 7.10. The van der Waals surface area contributed by atoms with Crippen molar-refractivity contribution in [1.82, 2.24) is 5.32 Å². The second kappa shape index (κ2) is 3.89. The third-order valence-electron chi connectivity index (χ3n) is 2.98. The highest BCUT2D eigenvalue weighted by Gasteiger charge is 2.42. The van der Waals surface area contributed by atoms with Crippen molar-refractivity contribution in [2.45, 2.75) is 19.3 Å². The molecule has 0 radical (unpaired) electrons. The maximum absolute atomic E-state index is 14.0. The van der Waals surface area contributed by atoms with Crippen molar-refractivity contribution in [1.29, 1.82) is 0 Å². The van der Waals surface area contributed by atoms with Gasteiger partial charge in [0.05, 0.1) is 0 Å². The third kappa shape index (κ3) is 2.02. The highest BCUT2D eigenvalue weighted by molar-refractivity contribution is 5.26. The molecule has 1 atom stereocenters. The molecule has 1 nitrogen and oxygen atoms in total. The topological polar surface area (TPSA) is 12.0 Å². The molecule has 1 aromatic carbocycles. The lowest BCUT2D eigenvalue weighted by molar-refractivity contribution is -0.0576. The molecule has 15 heavy (non-hydrogen) atoms. The van der Waals surface area contributed by atoms with Crippen LogP contribution in [0.5, 0.6) is 0 Å². The standard InChI is InChI=1S/C12H15F2N/c1-9-3-2-4-10(7-9)12(13,14)11-5-6-15-8-11/h2-4,7,11,15H,5-6,8H2,1H3. The highest BCUT2D eigenvalue weighted by atomic mass is 19.3. The summed E-state index contributed by atoms with van der Waals surface area (Å²) in [5, 5.41) is 2.98. The lowest BCUT2D eigenvalue weighted by Crippen LogP contribution is -2.27. The average Bonchev–Trinajstić information content (AvgIpc) is 2.71. The molecule has 82 valence electrons. The van der Waals surface area contributed by atoms with Crippen molar-refractivity contribution >= 4 is 0 Å². The summed E-state index contributed by atoms with van der Waals surface area (Å²) in [7, 11) is 0. The number of hydrogen-bond donors (Lipinski definition) is 1. The van der Waals surface area contributed by atoms with E-state index in [1.54, 1.807) is 12.1 Å². The molecule has 1 saturated heterocycles. The largest absolute Gasteiger partial charge is 0.316 e. The van der Waals surface area contributed by atoms with Crippen molar-refractivity contribution in [3.63, 3.8) is 0 Å². The first-order valence-corrected chi connectivity index (χ1v) is 5.26. The molecule has 1 fully saturated rings. The van der Waals surface area contributed by atoms with Gasteiger partial charge in [-0.15, -0.1) is 0 Å². The van der Waals surface area contributed by atoms with Crippen LogP contribution in [-0.4, -0.2) is 13.1 Å². The quantitative estimate of drug-likeness (QED) is 0.793. The van der Waals surface area contributed by atoms with Gasteiger partial charge >= 0.3 is 0 Å². The van der Waals surface area contributed by atoms with Crippen LogP contribution in [0.15, 0.2) is 24.3 Å². The summed E-state index contributed by atoms with van der Waals surface area (Å²) >= 11 is 0. The summed E-state index contributed by atoms with van der Waals surface area (Å²) in [6.07, 6.45) is 0.556. The molecular formula is C12H15F2N. The number of aryl methyl sites for hydroxylation is 1. The summed E-state index contributed by atoms with van der Waals surface area (Å²) in [6, 6.07) is 6.64. The molecule has 1 N–H and O–H groups in total. The Hall–Kier alpha value is -0.960. The Labute approximate surface area is 88.5 Å². The first kappa shape index (κ1) is 10.6. The first-order valence-electron chi connectivity index (χ1n) is 5.26. The highest BCUT2D eigenvalue weighted by Crippen LogP contribution is 2.39. The Bertz CT molecular complexity index is 343. The van der Waals surface area contributed by atoms with Gasteiger partial charge in [0.2, 0.25) is 0 Å². The van der Waals surface area contributed by atoms with Crippen LogP contribution in [-0.2, 0) is 5.92 Å². The van der Waals surface area contributed by atoms with Crippen LogP contribution in [0.25, 0.3) is 0 Å². The molecule has 0 saturated carbocycles. The van der Waals surface area contributed by atoms with Crippen molar-refractivity contribution in [2.75, 3.05) is 13.1 Å². The molecule has 0 amide bonds. The number of nitrogens with one attached hydrogen (secondary N) is 1. The Balaban J connectivity index is 2.27. The second-order valence-electron chi connectivity index (χ2n) is 4.18. The molecule has 1 aromatic rings. The van der Waals surface area contributed by atoms with E-state index in [0.717, 1.165) is 5.56 Å². The Morgan fingerprint density at radius 1 is 1.40 bits per heavy atom. The van der Waals surface area contributed by atoms with Gasteiger partial charge in [-0.25, -0.2) is 8.78 Å². The van der Waals surface area contributed by atoms with E-state index in [-0.39, 0.29) is 5.56 Å². The average molecular weight is 211 g/mol. The number of alkyl halides is 2. The van der Waals surface area contributed by atoms with Crippen LogP contribution in [0.2, 0.25) is 0 Å². The summed E-state index contributed by atoms with van der Waals surface area (Å²) in [5.74, 6) is -3.26. The predicted octanol–water partition coefficient (Wildman–Crippen LogP) is 2.70. The van der Waals surface area contributed by atoms with Gasteiger partial charge in [-0.1, -0.05) is 29.8 Å². The molecule has 0 bridgehead atoms. The summed E-state index contributed by atoms with van der Waals surface area (Å²) in [4.78, 5) is 0. The van der Waals surface area contributed by atoms with E-state index < -0.39 is 11.8 Å². The van der Waals surface area contributed by atoms with Crippen molar-refractivity contribution in [3.8, 4) is 0 Å². The molecular weight excluding hydrogens is 196 g/mol. The second-order valence-corrected chi connectivity index (χ2v) is 4.18. The molecule has 1 unspecified atom stereocenters. The molecule has 0 spiro atoms. The fourth-order valence-corrected chi connectivity index (χ4v) is 2.05. The van der Waals surface area contributed by atoms with Gasteiger partial charge in [0.15, 0.2) is 0 Å². The molecule has 1 aliphatic rings. The van der Waals surface area contributed by atoms with Gasteiger partial charge < -0.3 is 5.32 Å². The third-order valence-corrected chi connectivity index (χ3v) is 2.98. The number of hydrogen-bond acceptors (Lipinski definition) is 1. The van der Waals surface area contributed by atoms with Gasteiger partial charge in [-0.05, 0) is 19.9 Å². The number of rotatable bonds is 2. The molecule has 0 aliphatic carbocycles.